The molecule has 3 saturated carbocycles. The van der Waals surface area contributed by atoms with Crippen molar-refractivity contribution >= 4 is 164 Å². The number of likely N-dealkylation sites (N-methyl/N-ethyl adjacent to an activating group) is 2. The SMILES string of the molecule is CSC1=CC(=O)N(CCOCCOCCOCCOCCOCCOCCC(=O)NC(C(=O)NC(CCCNC(N)=O)C(=O)Nc2ccc(COC(=S)N(C)CCN(C)C(=S)Oc3cc4c(c5c(C)c[nH]c35)C(CCl)CN4C(=O)C34CC(C(=O)N5CC(CCl)c6c5cc(OP(=O)(O)O)c5[nH]cc(C)c65)(C3)C4)cc2)C(C)C)C1=O. The van der Waals surface area contributed by atoms with Gasteiger partial charge in [-0.1, -0.05) is 26.0 Å². The van der Waals surface area contributed by atoms with Crippen LogP contribution in [-0.4, -0.2) is 255 Å². The molecule has 4 unspecified atom stereocenters. The van der Waals surface area contributed by atoms with Crippen molar-refractivity contribution in [1.29, 1.82) is 0 Å². The van der Waals surface area contributed by atoms with Crippen molar-refractivity contribution in [3.63, 3.8) is 0 Å². The van der Waals surface area contributed by atoms with Gasteiger partial charge in [0.1, 0.15) is 18.7 Å². The largest absolute Gasteiger partial charge is 0.524 e. The van der Waals surface area contributed by atoms with Gasteiger partial charge in [0.05, 0.1) is 124 Å². The third-order valence-corrected chi connectivity index (χ3v) is 23.3. The number of benzene rings is 3. The van der Waals surface area contributed by atoms with E-state index in [0.29, 0.717) is 136 Å². The van der Waals surface area contributed by atoms with Crippen LogP contribution in [0.25, 0.3) is 21.8 Å². The molecule has 3 aliphatic carbocycles. The molecule has 0 saturated heterocycles. The van der Waals surface area contributed by atoms with Crippen molar-refractivity contribution in [1.82, 2.24) is 40.6 Å². The van der Waals surface area contributed by atoms with E-state index in [0.717, 1.165) is 38.1 Å². The van der Waals surface area contributed by atoms with Crippen LogP contribution in [0.5, 0.6) is 11.5 Å². The number of H-pyrrole nitrogens is 2. The Morgan fingerprint density at radius 2 is 1.21 bits per heavy atom. The van der Waals surface area contributed by atoms with Crippen molar-refractivity contribution in [2.45, 2.75) is 96.7 Å². The van der Waals surface area contributed by atoms with E-state index < -0.39 is 54.5 Å². The second kappa shape index (κ2) is 39.7. The van der Waals surface area contributed by atoms with Crippen LogP contribution in [-0.2, 0) is 77.9 Å². The minimum Gasteiger partial charge on any atom is -0.466 e. The third kappa shape index (κ3) is 21.5. The van der Waals surface area contributed by atoms with E-state index in [4.69, 9.17) is 95.8 Å². The number of phosphoric ester groups is 1. The number of carbonyl (C=O) groups is 8. The maximum atomic E-state index is 15.0. The van der Waals surface area contributed by atoms with Gasteiger partial charge in [0, 0.05) is 124 Å². The number of nitrogens with one attached hydrogen (secondary N) is 6. The molecule has 11 rings (SSSR count). The molecule has 0 radical (unpaired) electrons. The number of halogens is 2. The Hall–Kier alpha value is -7.74. The minimum absolute atomic E-state index is 0.0417. The number of aromatic nitrogens is 2. The summed E-state index contributed by atoms with van der Waals surface area (Å²) in [6, 6.07) is 7.37. The van der Waals surface area contributed by atoms with Crippen LogP contribution in [0, 0.1) is 30.6 Å². The number of amides is 9. The fourth-order valence-electron chi connectivity index (χ4n) is 14.8. The van der Waals surface area contributed by atoms with E-state index in [1.165, 1.54) is 23.9 Å². The average molecular weight is 1690 g/mol. The number of hydrogen-bond acceptors (Lipinski definition) is 21. The molecule has 616 valence electrons. The molecule has 10 N–H and O–H groups in total. The molecule has 6 aliphatic rings. The number of rotatable bonds is 44. The molecule has 2 bridgehead atoms. The molecule has 3 fully saturated rings. The average Bonchev–Trinajstić information content (AvgIpc) is 1.57. The Kier molecular flexibility index (Phi) is 30.8. The number of aromatic amines is 2. The number of ether oxygens (including phenoxy) is 8. The van der Waals surface area contributed by atoms with Crippen LogP contribution >= 0.6 is 67.2 Å². The Balaban J connectivity index is 0.623. The lowest BCUT2D eigenvalue weighted by atomic mass is 9.34. The summed E-state index contributed by atoms with van der Waals surface area (Å²) in [5.41, 5.74) is 10.5. The highest BCUT2D eigenvalue weighted by atomic mass is 35.5. The molecule has 5 aromatic rings. The molecule has 5 heterocycles. The van der Waals surface area contributed by atoms with Crippen LogP contribution < -0.4 is 46.1 Å². The summed E-state index contributed by atoms with van der Waals surface area (Å²) in [6.07, 6.45) is 8.00. The van der Waals surface area contributed by atoms with E-state index in [1.54, 1.807) is 84.3 Å². The number of primary amides is 1. The van der Waals surface area contributed by atoms with Gasteiger partial charge >= 0.3 is 13.9 Å². The third-order valence-electron chi connectivity index (χ3n) is 20.5. The molecule has 113 heavy (non-hydrogen) atoms. The molecular weight excluding hydrogens is 1590 g/mol. The van der Waals surface area contributed by atoms with Crippen molar-refractivity contribution in [2.24, 2.45) is 22.5 Å². The van der Waals surface area contributed by atoms with E-state index in [1.807, 2.05) is 26.1 Å². The number of fused-ring (bicyclic) bond motifs is 6. The number of thioether (sulfide) groups is 1. The minimum atomic E-state index is -4.98. The van der Waals surface area contributed by atoms with Gasteiger partial charge in [-0.05, 0) is 123 Å². The van der Waals surface area contributed by atoms with Crippen LogP contribution in [0.3, 0.4) is 0 Å². The Bertz CT molecular complexity index is 4390. The Morgan fingerprint density at radius 1 is 0.717 bits per heavy atom. The van der Waals surface area contributed by atoms with Gasteiger partial charge in [0.15, 0.2) is 11.5 Å². The second-order valence-corrected chi connectivity index (χ2v) is 32.3. The first kappa shape index (κ1) is 87.6. The molecule has 3 aromatic carbocycles. The second-order valence-electron chi connectivity index (χ2n) is 28.9. The highest BCUT2D eigenvalue weighted by molar-refractivity contribution is 8.03. The monoisotopic (exact) mass is 1680 g/mol. The molecule has 4 atom stereocenters. The van der Waals surface area contributed by atoms with Crippen molar-refractivity contribution in [3.8, 4) is 11.5 Å². The van der Waals surface area contributed by atoms with Crippen molar-refractivity contribution in [3.05, 3.63) is 87.6 Å². The molecule has 0 spiro atoms. The first-order valence-electron chi connectivity index (χ1n) is 37.2. The maximum absolute atomic E-state index is 15.0. The van der Waals surface area contributed by atoms with Gasteiger partial charge < -0.3 is 99.0 Å². The molecule has 38 heteroatoms. The number of anilines is 3. The summed E-state index contributed by atoms with van der Waals surface area (Å²) in [6.45, 7) is 12.6. The number of alkyl halides is 2. The predicted octanol–water partition coefficient (Wildman–Crippen LogP) is 7.09. The fraction of sp³-hybridized carbons (Fsp3) is 0.547. The zero-order valence-corrected chi connectivity index (χ0v) is 69.0. The fourth-order valence-corrected chi connectivity index (χ4v) is 16.5. The van der Waals surface area contributed by atoms with E-state index in [2.05, 4.69) is 31.2 Å². The molecule has 2 aromatic heterocycles. The number of nitrogens with two attached hydrogens (primary N) is 1. The standard InChI is InChI=1S/C75H99Cl2N12O20PS3/c1-44(2)63(84-57(90)14-19-101-21-23-103-25-27-105-29-30-106-28-26-104-24-22-102-20-18-87-58(91)33-56(113-7)68(87)94)67(93)83-51(9-8-15-79-71(78)97)66(92)82-50-12-10-47(11-13-50)40-107-72(111)85(5)16-17-86(6)73(112)108-54-31-52-61(59-45(3)36-80-64(54)59)48(34-76)38-88(52)69(95)74-41-75(42-74,43-74)70(96)89-39-49(35-77)62-53(89)32-55(109-110(98,99)100)65-60(62)46(4)37-81-65/h10-13,31-33,36-37,44,48-49,51,63,80-81H,8-9,14-30,34-35,38-43H2,1-7H3,(H,82,92)(H,83,93)(H,84,90)(H3,78,79,97)(H2,98,99,100). The number of imide groups is 1. The number of phosphoric acid groups is 1. The summed E-state index contributed by atoms with van der Waals surface area (Å²) >= 11 is 26.1. The maximum Gasteiger partial charge on any atom is 0.524 e. The number of thiocarbonyl (C=S) groups is 2. The first-order valence-corrected chi connectivity index (χ1v) is 41.9. The molecular formula is C75H99Cl2N12O20PS3. The number of nitrogens with zero attached hydrogens (tertiary/aromatic N) is 5. The molecule has 9 amide bonds. The van der Waals surface area contributed by atoms with Crippen LogP contribution in [0.2, 0.25) is 0 Å². The lowest BCUT2D eigenvalue weighted by molar-refractivity contribution is -0.205. The zero-order valence-electron chi connectivity index (χ0n) is 64.2. The van der Waals surface area contributed by atoms with Gasteiger partial charge in [0.25, 0.3) is 22.2 Å². The Morgan fingerprint density at radius 3 is 1.70 bits per heavy atom. The first-order chi connectivity index (χ1) is 54.0. The van der Waals surface area contributed by atoms with Crippen LogP contribution in [0.1, 0.15) is 92.0 Å². The van der Waals surface area contributed by atoms with E-state index >= 15 is 4.79 Å². The lowest BCUT2D eigenvalue weighted by Gasteiger charge is -2.69. The highest BCUT2D eigenvalue weighted by Crippen LogP contribution is 2.75. The number of carbonyl (C=O) groups excluding carboxylic acids is 8. The summed E-state index contributed by atoms with van der Waals surface area (Å²) in [5.74, 6) is -2.55. The highest BCUT2D eigenvalue weighted by Gasteiger charge is 2.76. The molecule has 3 aliphatic heterocycles. The van der Waals surface area contributed by atoms with Crippen LogP contribution in [0.4, 0.5) is 21.9 Å². The number of urea groups is 1. The number of aryl methyl sites for hydroxylation is 2. The summed E-state index contributed by atoms with van der Waals surface area (Å²) in [7, 11) is -1.41. The topological polar surface area (TPSA) is 399 Å². The van der Waals surface area contributed by atoms with Crippen molar-refractivity contribution < 1.29 is 95.1 Å². The normalized spacial score (nSPS) is 18.7. The summed E-state index contributed by atoms with van der Waals surface area (Å²) in [5, 5.41) is 12.8. The predicted molar refractivity (Wildman–Crippen MR) is 433 cm³/mol. The number of hydrogen-bond donors (Lipinski definition) is 9. The Labute approximate surface area is 679 Å². The molecule has 32 nitrogen and oxygen atoms in total. The smallest absolute Gasteiger partial charge is 0.466 e. The van der Waals surface area contributed by atoms with Gasteiger partial charge in [-0.25, -0.2) is 9.36 Å². The van der Waals surface area contributed by atoms with E-state index in [-0.39, 0.29) is 141 Å². The van der Waals surface area contributed by atoms with E-state index in [9.17, 15) is 47.9 Å². The zero-order chi connectivity index (χ0) is 81.5. The van der Waals surface area contributed by atoms with Gasteiger partial charge in [0.2, 0.25) is 29.5 Å². The quantitative estimate of drug-likeness (QED) is 0.00617. The van der Waals surface area contributed by atoms with Gasteiger partial charge in [-0.2, -0.15) is 0 Å². The van der Waals surface area contributed by atoms with Gasteiger partial charge in [-0.3, -0.25) is 48.2 Å². The summed E-state index contributed by atoms with van der Waals surface area (Å²) in [4.78, 5) is 141. The van der Waals surface area contributed by atoms with Crippen LogP contribution in [0.15, 0.2) is 59.8 Å². The van der Waals surface area contributed by atoms with Gasteiger partial charge in [-0.15, -0.1) is 35.0 Å². The summed E-state index contributed by atoms with van der Waals surface area (Å²) < 4.78 is 63.0. The lowest BCUT2D eigenvalue weighted by Crippen LogP contribution is -2.73. The van der Waals surface area contributed by atoms with Crippen molar-refractivity contribution in [2.75, 3.05) is 166 Å².